The zero-order valence-corrected chi connectivity index (χ0v) is 13.6. The molecule has 0 aliphatic carbocycles. The quantitative estimate of drug-likeness (QED) is 0.930. The first kappa shape index (κ1) is 16.0. The summed E-state index contributed by atoms with van der Waals surface area (Å²) in [7, 11) is -2.28. The Morgan fingerprint density at radius 3 is 2.45 bits per heavy atom. The van der Waals surface area contributed by atoms with Gasteiger partial charge < -0.3 is 9.42 Å². The second kappa shape index (κ2) is 5.80. The minimum Gasteiger partial charge on any atom is -0.360 e. The fraction of sp³-hybridized carbons (Fsp3) is 0.286. The maximum Gasteiger partial charge on any atom is 0.267 e. The summed E-state index contributed by atoms with van der Waals surface area (Å²) in [5.41, 5.74) is 1.05. The Morgan fingerprint density at radius 2 is 1.91 bits per heavy atom. The van der Waals surface area contributed by atoms with E-state index in [1.807, 2.05) is 0 Å². The maximum atomic E-state index is 12.5. The van der Waals surface area contributed by atoms with Crippen LogP contribution in [0.1, 0.15) is 18.4 Å². The average Bonchev–Trinajstić information content (AvgIpc) is 2.78. The molecular formula is C14H17N3O4S. The first-order valence-electron chi connectivity index (χ1n) is 6.53. The van der Waals surface area contributed by atoms with Gasteiger partial charge in [0.1, 0.15) is 5.69 Å². The van der Waals surface area contributed by atoms with Crippen LogP contribution in [0.3, 0.4) is 0 Å². The van der Waals surface area contributed by atoms with Crippen LogP contribution in [-0.2, 0) is 14.8 Å². The van der Waals surface area contributed by atoms with Gasteiger partial charge in [0.25, 0.3) is 10.0 Å². The largest absolute Gasteiger partial charge is 0.360 e. The van der Waals surface area contributed by atoms with Crippen LogP contribution in [0, 0.1) is 13.8 Å². The number of nitrogens with zero attached hydrogens (tertiary/aromatic N) is 2. The number of aromatic nitrogens is 1. The van der Waals surface area contributed by atoms with E-state index in [4.69, 9.17) is 4.52 Å². The Morgan fingerprint density at radius 1 is 1.27 bits per heavy atom. The standard InChI is InChI=1S/C14H17N3O4S/c1-9-14(10(2)21-15-9)22(19,20)16-12-7-5-6-8-13(12)17(4)11(3)18/h5-8,16H,1-4H3. The lowest BCUT2D eigenvalue weighted by atomic mass is 10.2. The van der Waals surface area contributed by atoms with Crippen molar-refractivity contribution in [1.82, 2.24) is 5.16 Å². The Bertz CT molecular complexity index is 792. The van der Waals surface area contributed by atoms with E-state index in [1.165, 1.54) is 18.7 Å². The SMILES string of the molecule is CC(=O)N(C)c1ccccc1NS(=O)(=O)c1c(C)noc1C. The summed E-state index contributed by atoms with van der Waals surface area (Å²) >= 11 is 0. The highest BCUT2D eigenvalue weighted by Gasteiger charge is 2.25. The molecule has 0 unspecified atom stereocenters. The summed E-state index contributed by atoms with van der Waals surface area (Å²) < 4.78 is 32.5. The molecule has 0 atom stereocenters. The van der Waals surface area contributed by atoms with Gasteiger partial charge in [0.05, 0.1) is 11.4 Å². The van der Waals surface area contributed by atoms with Gasteiger partial charge in [0.2, 0.25) is 5.91 Å². The molecular weight excluding hydrogens is 306 g/mol. The van der Waals surface area contributed by atoms with Gasteiger partial charge in [-0.1, -0.05) is 17.3 Å². The highest BCUT2D eigenvalue weighted by Crippen LogP contribution is 2.29. The normalized spacial score (nSPS) is 11.3. The summed E-state index contributed by atoms with van der Waals surface area (Å²) in [5.74, 6) is 0.00592. The number of anilines is 2. The Labute approximate surface area is 129 Å². The molecule has 0 fully saturated rings. The smallest absolute Gasteiger partial charge is 0.267 e. The van der Waals surface area contributed by atoms with Gasteiger partial charge in [-0.25, -0.2) is 8.42 Å². The molecule has 2 aromatic rings. The number of sulfonamides is 1. The van der Waals surface area contributed by atoms with Crippen LogP contribution >= 0.6 is 0 Å². The summed E-state index contributed by atoms with van der Waals surface area (Å²) in [6.07, 6.45) is 0. The van der Waals surface area contributed by atoms with Crippen LogP contribution in [0.15, 0.2) is 33.7 Å². The molecule has 0 saturated heterocycles. The fourth-order valence-electron chi connectivity index (χ4n) is 2.08. The Balaban J connectivity index is 2.46. The van der Waals surface area contributed by atoms with Gasteiger partial charge in [-0.2, -0.15) is 0 Å². The second-order valence-corrected chi connectivity index (χ2v) is 6.47. The highest BCUT2D eigenvalue weighted by molar-refractivity contribution is 7.92. The third-order valence-electron chi connectivity index (χ3n) is 3.22. The third kappa shape index (κ3) is 2.96. The molecule has 1 aromatic heterocycles. The van der Waals surface area contributed by atoms with Crippen LogP contribution < -0.4 is 9.62 Å². The molecule has 1 N–H and O–H groups in total. The van der Waals surface area contributed by atoms with Crippen molar-refractivity contribution in [2.24, 2.45) is 0 Å². The Hall–Kier alpha value is -2.35. The van der Waals surface area contributed by atoms with Crippen LogP contribution in [-0.4, -0.2) is 26.5 Å². The van der Waals surface area contributed by atoms with Crippen molar-refractivity contribution in [2.45, 2.75) is 25.7 Å². The van der Waals surface area contributed by atoms with Gasteiger partial charge in [-0.3, -0.25) is 9.52 Å². The molecule has 7 nitrogen and oxygen atoms in total. The molecule has 0 aliphatic rings. The second-order valence-electron chi connectivity index (χ2n) is 4.85. The van der Waals surface area contributed by atoms with Crippen molar-refractivity contribution in [1.29, 1.82) is 0 Å². The summed E-state index contributed by atoms with van der Waals surface area (Å²) in [6, 6.07) is 6.65. The van der Waals surface area contributed by atoms with Gasteiger partial charge in [0.15, 0.2) is 10.7 Å². The van der Waals surface area contributed by atoms with Crippen LogP contribution in [0.25, 0.3) is 0 Å². The van der Waals surface area contributed by atoms with E-state index in [0.717, 1.165) is 0 Å². The molecule has 0 radical (unpaired) electrons. The summed E-state index contributed by atoms with van der Waals surface area (Å²) in [4.78, 5) is 12.9. The van der Waals surface area contributed by atoms with Gasteiger partial charge in [0, 0.05) is 14.0 Å². The molecule has 0 bridgehead atoms. The zero-order valence-electron chi connectivity index (χ0n) is 12.7. The van der Waals surface area contributed by atoms with E-state index in [-0.39, 0.29) is 22.3 Å². The van der Waals surface area contributed by atoms with Crippen molar-refractivity contribution < 1.29 is 17.7 Å². The van der Waals surface area contributed by atoms with E-state index in [9.17, 15) is 13.2 Å². The van der Waals surface area contributed by atoms with Crippen LogP contribution in [0.5, 0.6) is 0 Å². The van der Waals surface area contributed by atoms with Crippen molar-refractivity contribution in [2.75, 3.05) is 16.7 Å². The van der Waals surface area contributed by atoms with Crippen molar-refractivity contribution >= 4 is 27.3 Å². The van der Waals surface area contributed by atoms with Crippen LogP contribution in [0.4, 0.5) is 11.4 Å². The number of carbonyl (C=O) groups is 1. The number of hydrogen-bond acceptors (Lipinski definition) is 5. The van der Waals surface area contributed by atoms with E-state index in [0.29, 0.717) is 11.4 Å². The zero-order chi connectivity index (χ0) is 16.5. The fourth-order valence-corrected chi connectivity index (χ4v) is 3.48. The number of para-hydroxylation sites is 2. The lowest BCUT2D eigenvalue weighted by molar-refractivity contribution is -0.116. The molecule has 2 rings (SSSR count). The van der Waals surface area contributed by atoms with Crippen LogP contribution in [0.2, 0.25) is 0 Å². The topological polar surface area (TPSA) is 92.5 Å². The van der Waals surface area contributed by atoms with Gasteiger partial charge in [-0.15, -0.1) is 0 Å². The maximum absolute atomic E-state index is 12.5. The average molecular weight is 323 g/mol. The number of carbonyl (C=O) groups excluding carboxylic acids is 1. The minimum absolute atomic E-state index is 0.00720. The minimum atomic E-state index is -3.86. The molecule has 118 valence electrons. The summed E-state index contributed by atoms with van der Waals surface area (Å²) in [6.45, 7) is 4.49. The number of rotatable bonds is 4. The van der Waals surface area contributed by atoms with Crippen molar-refractivity contribution in [3.63, 3.8) is 0 Å². The molecule has 1 heterocycles. The number of nitrogens with one attached hydrogen (secondary N) is 1. The monoisotopic (exact) mass is 323 g/mol. The first-order valence-corrected chi connectivity index (χ1v) is 8.01. The molecule has 22 heavy (non-hydrogen) atoms. The van der Waals surface area contributed by atoms with E-state index in [2.05, 4.69) is 9.88 Å². The van der Waals surface area contributed by atoms with Crippen molar-refractivity contribution in [3.8, 4) is 0 Å². The lowest BCUT2D eigenvalue weighted by Gasteiger charge is -2.19. The molecule has 1 aromatic carbocycles. The van der Waals surface area contributed by atoms with E-state index >= 15 is 0 Å². The number of amides is 1. The number of benzene rings is 1. The predicted octanol–water partition coefficient (Wildman–Crippen LogP) is 2.07. The van der Waals surface area contributed by atoms with Crippen molar-refractivity contribution in [3.05, 3.63) is 35.7 Å². The molecule has 0 spiro atoms. The predicted molar refractivity (Wildman–Crippen MR) is 82.3 cm³/mol. The molecule has 1 amide bonds. The summed E-state index contributed by atoms with van der Waals surface area (Å²) in [5, 5.41) is 3.65. The highest BCUT2D eigenvalue weighted by atomic mass is 32.2. The van der Waals surface area contributed by atoms with Gasteiger partial charge >= 0.3 is 0 Å². The lowest BCUT2D eigenvalue weighted by Crippen LogP contribution is -2.25. The molecule has 8 heteroatoms. The van der Waals surface area contributed by atoms with Gasteiger partial charge in [-0.05, 0) is 26.0 Å². The molecule has 0 aliphatic heterocycles. The third-order valence-corrected chi connectivity index (χ3v) is 4.83. The van der Waals surface area contributed by atoms with E-state index in [1.54, 1.807) is 38.2 Å². The first-order chi connectivity index (χ1) is 10.2. The number of aryl methyl sites for hydroxylation is 2. The number of hydrogen-bond donors (Lipinski definition) is 1. The molecule has 0 saturated carbocycles. The Kier molecular flexibility index (Phi) is 4.23. The van der Waals surface area contributed by atoms with E-state index < -0.39 is 10.0 Å².